The Hall–Kier alpha value is -1.54. The summed E-state index contributed by atoms with van der Waals surface area (Å²) in [6.45, 7) is 17.5. The summed E-state index contributed by atoms with van der Waals surface area (Å²) in [5, 5.41) is -0.790. The van der Waals surface area contributed by atoms with E-state index in [1.807, 2.05) is 19.1 Å². The van der Waals surface area contributed by atoms with Crippen LogP contribution < -0.4 is 0 Å². The Morgan fingerprint density at radius 1 is 1.06 bits per heavy atom. The van der Waals surface area contributed by atoms with Gasteiger partial charge in [-0.25, -0.2) is 8.42 Å². The maximum atomic E-state index is 14.3. The van der Waals surface area contributed by atoms with Gasteiger partial charge in [-0.05, 0) is 48.2 Å². The number of carbonyl (C=O) groups excluding carboxylic acids is 1. The predicted octanol–water partition coefficient (Wildman–Crippen LogP) is 5.74. The molecule has 2 aliphatic carbocycles. The van der Waals surface area contributed by atoms with Crippen LogP contribution in [0, 0.1) is 16.7 Å². The molecule has 7 heteroatoms. The number of hydrogen-bond donors (Lipinski definition) is 0. The van der Waals surface area contributed by atoms with Gasteiger partial charge in [0.25, 0.3) is 0 Å². The zero-order valence-corrected chi connectivity index (χ0v) is 24.1. The van der Waals surface area contributed by atoms with E-state index in [-0.39, 0.29) is 28.4 Å². The van der Waals surface area contributed by atoms with Gasteiger partial charge in [-0.1, -0.05) is 78.0 Å². The fourth-order valence-corrected chi connectivity index (χ4v) is 9.28. The largest absolute Gasteiger partial charge is 0.410 e. The number of fused-ring (bicyclic) bond motifs is 2. The molecule has 1 aromatic rings. The molecule has 0 bridgehead atoms. The van der Waals surface area contributed by atoms with E-state index in [9.17, 15) is 13.2 Å². The Balaban J connectivity index is 1.89. The summed E-state index contributed by atoms with van der Waals surface area (Å²) in [5.41, 5.74) is -2.23. The van der Waals surface area contributed by atoms with Gasteiger partial charge in [0, 0.05) is 11.3 Å². The van der Waals surface area contributed by atoms with Gasteiger partial charge in [0.05, 0.1) is 22.9 Å². The van der Waals surface area contributed by atoms with E-state index >= 15 is 0 Å². The van der Waals surface area contributed by atoms with Crippen LogP contribution in [-0.2, 0) is 23.8 Å². The van der Waals surface area contributed by atoms with Crippen LogP contribution in [0.3, 0.4) is 0 Å². The number of ether oxygens (including phenoxy) is 1. The Morgan fingerprint density at radius 2 is 1.66 bits per heavy atom. The second kappa shape index (κ2) is 8.23. The molecule has 0 unspecified atom stereocenters. The van der Waals surface area contributed by atoms with Crippen molar-refractivity contribution in [3.8, 4) is 0 Å². The average molecular weight is 517 g/mol. The minimum Gasteiger partial charge on any atom is -0.410 e. The third-order valence-electron chi connectivity index (χ3n) is 8.84. The highest BCUT2D eigenvalue weighted by molar-refractivity contribution is 7.92. The van der Waals surface area contributed by atoms with E-state index in [0.717, 1.165) is 0 Å². The summed E-state index contributed by atoms with van der Waals surface area (Å²) in [5.74, 6) is -0.656. The zero-order chi connectivity index (χ0) is 26.1. The molecule has 5 atom stereocenters. The molecule has 5 nitrogen and oxygen atoms in total. The number of benzene rings is 1. The molecule has 1 fully saturated rings. The minimum absolute atomic E-state index is 0.0182. The molecule has 0 aromatic heterocycles. The molecule has 1 aromatic carbocycles. The van der Waals surface area contributed by atoms with Crippen molar-refractivity contribution >= 4 is 23.9 Å². The van der Waals surface area contributed by atoms with Crippen molar-refractivity contribution < 1.29 is 22.4 Å². The van der Waals surface area contributed by atoms with Crippen molar-refractivity contribution in [1.29, 1.82) is 0 Å². The van der Waals surface area contributed by atoms with Crippen molar-refractivity contribution in [2.24, 2.45) is 16.7 Å². The number of hydrogen-bond acceptors (Lipinski definition) is 5. The lowest BCUT2D eigenvalue weighted by Gasteiger charge is -2.50. The highest BCUT2D eigenvalue weighted by Crippen LogP contribution is 2.57. The van der Waals surface area contributed by atoms with E-state index in [2.05, 4.69) is 59.9 Å². The predicted molar refractivity (Wildman–Crippen MR) is 141 cm³/mol. The van der Waals surface area contributed by atoms with Crippen molar-refractivity contribution in [2.45, 2.75) is 87.9 Å². The second-order valence-electron chi connectivity index (χ2n) is 13.0. The molecule has 0 N–H and O–H groups in total. The molecule has 1 heterocycles. The smallest absolute Gasteiger partial charge is 0.192 e. The van der Waals surface area contributed by atoms with Crippen molar-refractivity contribution in [3.05, 3.63) is 54.6 Å². The third-order valence-corrected chi connectivity index (χ3v) is 15.5. The molecule has 4 rings (SSSR count). The van der Waals surface area contributed by atoms with E-state index in [0.29, 0.717) is 6.42 Å². The van der Waals surface area contributed by atoms with Gasteiger partial charge in [-0.3, -0.25) is 4.79 Å². The summed E-state index contributed by atoms with van der Waals surface area (Å²) in [6.07, 6.45) is 7.76. The highest BCUT2D eigenvalue weighted by Gasteiger charge is 2.67. The topological polar surface area (TPSA) is 73.0 Å². The molecular formula is C28H40O5SSi. The van der Waals surface area contributed by atoms with Crippen molar-refractivity contribution in [3.63, 3.8) is 0 Å². The lowest BCUT2D eigenvalue weighted by molar-refractivity contribution is -0.123. The fraction of sp³-hybridized carbons (Fsp3) is 0.607. The summed E-state index contributed by atoms with van der Waals surface area (Å²) in [7, 11) is -5.92. The highest BCUT2D eigenvalue weighted by atomic mass is 32.2. The number of epoxide rings is 1. The molecular weight excluding hydrogens is 476 g/mol. The van der Waals surface area contributed by atoms with Gasteiger partial charge in [0.15, 0.2) is 29.5 Å². The second-order valence-corrected chi connectivity index (χ2v) is 19.9. The first-order valence-electron chi connectivity index (χ1n) is 12.5. The standard InChI is InChI=1S/C28H40O5SSi/c1-25(2,3)35(7,8)33-23-15-17-27(6)16-14-22(29)28(19-32-28)24(27)21(18-26(23,4)5)34(30,31)20-12-10-9-11-13-20/h9-17,21,23-24H,18-19H2,1-8H3/b17-15-/t21-,23+,24-,27+,28-/m1/s1. The fourth-order valence-electron chi connectivity index (χ4n) is 5.49. The van der Waals surface area contributed by atoms with Gasteiger partial charge in [0.2, 0.25) is 0 Å². The maximum absolute atomic E-state index is 14.3. The van der Waals surface area contributed by atoms with Crippen LogP contribution >= 0.6 is 0 Å². The van der Waals surface area contributed by atoms with Gasteiger partial charge >= 0.3 is 0 Å². The first kappa shape index (κ1) is 26.5. The number of carbonyl (C=O) groups is 1. The van der Waals surface area contributed by atoms with E-state index in [1.54, 1.807) is 30.3 Å². The van der Waals surface area contributed by atoms with Gasteiger partial charge in [0.1, 0.15) is 0 Å². The molecule has 0 saturated carbocycles. The normalized spacial score (nSPS) is 35.8. The molecule has 35 heavy (non-hydrogen) atoms. The third kappa shape index (κ3) is 4.43. The molecule has 3 aliphatic rings. The van der Waals surface area contributed by atoms with Crippen molar-refractivity contribution in [1.82, 2.24) is 0 Å². The Labute approximate surface area is 212 Å². The van der Waals surface area contributed by atoms with Crippen LogP contribution in [-0.4, -0.2) is 46.1 Å². The number of allylic oxidation sites excluding steroid dienone is 2. The number of rotatable bonds is 4. The Bertz CT molecular complexity index is 1160. The van der Waals surface area contributed by atoms with Crippen LogP contribution in [0.25, 0.3) is 0 Å². The van der Waals surface area contributed by atoms with Crippen LogP contribution in [0.1, 0.15) is 48.0 Å². The van der Waals surface area contributed by atoms with E-state index < -0.39 is 45.8 Å². The van der Waals surface area contributed by atoms with Crippen LogP contribution in [0.4, 0.5) is 0 Å². The summed E-state index contributed by atoms with van der Waals surface area (Å²) in [4.78, 5) is 13.3. The number of ketones is 1. The van der Waals surface area contributed by atoms with Gasteiger partial charge in [-0.2, -0.15) is 0 Å². The lowest BCUT2D eigenvalue weighted by atomic mass is 9.60. The Kier molecular flexibility index (Phi) is 6.24. The first-order valence-corrected chi connectivity index (χ1v) is 17.0. The molecule has 1 saturated heterocycles. The van der Waals surface area contributed by atoms with Crippen LogP contribution in [0.15, 0.2) is 59.5 Å². The SMILES string of the molecule is CC1(C)C[C@@H](S(=O)(=O)c2ccccc2)[C@@H]2[C@@](C)(C=CC(=O)[C@]23CO3)/C=C\[C@@H]1O[Si](C)(C)C(C)(C)C. The van der Waals surface area contributed by atoms with E-state index in [4.69, 9.17) is 9.16 Å². The molecule has 192 valence electrons. The molecule has 1 aliphatic heterocycles. The summed E-state index contributed by atoms with van der Waals surface area (Å²) < 4.78 is 41.3. The number of sulfone groups is 1. The van der Waals surface area contributed by atoms with Crippen LogP contribution in [0.5, 0.6) is 0 Å². The van der Waals surface area contributed by atoms with Gasteiger partial charge in [-0.15, -0.1) is 0 Å². The lowest BCUT2D eigenvalue weighted by Crippen LogP contribution is -2.56. The monoisotopic (exact) mass is 516 g/mol. The van der Waals surface area contributed by atoms with Crippen LogP contribution in [0.2, 0.25) is 18.1 Å². The zero-order valence-electron chi connectivity index (χ0n) is 22.3. The molecule has 0 amide bonds. The molecule has 0 radical (unpaired) electrons. The quantitative estimate of drug-likeness (QED) is 0.290. The molecule has 1 spiro atoms. The average Bonchev–Trinajstić information content (AvgIpc) is 3.54. The Morgan fingerprint density at radius 3 is 2.20 bits per heavy atom. The maximum Gasteiger partial charge on any atom is 0.192 e. The van der Waals surface area contributed by atoms with Crippen molar-refractivity contribution in [2.75, 3.05) is 6.61 Å². The summed E-state index contributed by atoms with van der Waals surface area (Å²) in [6, 6.07) is 8.62. The summed E-state index contributed by atoms with van der Waals surface area (Å²) >= 11 is 0. The minimum atomic E-state index is -3.78. The van der Waals surface area contributed by atoms with Gasteiger partial charge < -0.3 is 9.16 Å². The van der Waals surface area contributed by atoms with E-state index in [1.165, 1.54) is 0 Å². The first-order chi connectivity index (χ1) is 16.0.